The molecule has 0 unspecified atom stereocenters. The average Bonchev–Trinajstić information content (AvgIpc) is 1.58. The zero-order chi connectivity index (χ0) is 97.8. The van der Waals surface area contributed by atoms with Gasteiger partial charge in [0.05, 0.1) is 40.9 Å². The predicted molar refractivity (Wildman–Crippen MR) is 583 cm³/mol. The molecule has 19 aromatic rings. The number of thiophene rings is 1. The van der Waals surface area contributed by atoms with Crippen LogP contribution in [-0.2, 0) is 46.6 Å². The molecule has 15 aromatic carbocycles. The smallest absolute Gasteiger partial charge is 0.246 e. The first-order valence-corrected chi connectivity index (χ1v) is 48.5. The Morgan fingerprint density at radius 2 is 1.01 bits per heavy atom. The Hall–Kier alpha value is -14.1. The van der Waals surface area contributed by atoms with E-state index in [0.29, 0.717) is 11.4 Å². The summed E-state index contributed by atoms with van der Waals surface area (Å²) in [5.41, 5.74) is 37.4. The minimum Gasteiger partial charge on any atom is -0.512 e. The largest absolute Gasteiger partial charge is 0.512 e. The van der Waals surface area contributed by atoms with E-state index in [4.69, 9.17) is 30.9 Å². The molecule has 0 bridgehead atoms. The molecule has 0 spiro atoms. The number of aliphatic hydroxyl groups is 1. The van der Waals surface area contributed by atoms with Crippen LogP contribution in [0.2, 0.25) is 0 Å². The van der Waals surface area contributed by atoms with Gasteiger partial charge in [-0.1, -0.05) is 379 Å². The molecule has 1 radical (unpaired) electrons. The van der Waals surface area contributed by atoms with Crippen molar-refractivity contribution in [1.29, 1.82) is 0 Å². The number of nitrogens with zero attached hydrogens (tertiary/aromatic N) is 6. The number of carbonyl (C=O) groups excluding carboxylic acids is 1. The minimum atomic E-state index is -0.417. The number of ketones is 1. The van der Waals surface area contributed by atoms with E-state index in [2.05, 4.69) is 386 Å². The summed E-state index contributed by atoms with van der Waals surface area (Å²) in [6.07, 6.45) is 5.00. The summed E-state index contributed by atoms with van der Waals surface area (Å²) in [7, 11) is 0. The van der Waals surface area contributed by atoms with Crippen LogP contribution in [0.25, 0.3) is 159 Å². The molecule has 4 aromatic heterocycles. The third-order valence-electron chi connectivity index (χ3n) is 26.3. The van der Waals surface area contributed by atoms with Crippen molar-refractivity contribution in [3.05, 3.63) is 407 Å². The van der Waals surface area contributed by atoms with Crippen LogP contribution in [0, 0.1) is 58.1 Å². The Morgan fingerprint density at radius 1 is 0.439 bits per heavy atom. The van der Waals surface area contributed by atoms with Crippen LogP contribution < -0.4 is 4.90 Å². The number of furan rings is 1. The van der Waals surface area contributed by atoms with E-state index in [1.54, 1.807) is 0 Å². The molecule has 0 saturated carbocycles. The molecule has 0 aliphatic heterocycles. The number of aryl methyl sites for hydroxylation is 5. The standard InChI is InChI=1S/C51H55N.C38H22N2OS.C28H24N3.C11H20O2.Ir/c1-48(2,3)37-27-35(28-38(31-37)49(4,5)6)36-29-39(50(7,8)9)32-41(30-36)52(47-24-18-16-21-42(47)34-19-13-12-14-20-34)40-25-26-44-43-22-15-17-23-45(43)51(10,11)46(44)33-40;1-2-13-28-23(8-1)18-19-33-35(28)36-38(41-33)40-32(22-39-36)27-12-6-10-25(21-27)24-9-5-11-26(20-24)29-15-7-16-31-30-14-3-4-17-34(30)42-37(29)31;1-17-9-18(2)12-22(11-17)27-28(23-13-19(3)10-20(4)14-23)31-26(16-30-27)25-15-24(29-6)8-7-21(25)5;1-10(2,3)8(12)7-9(13)11(4,5)6;/h12-33H,1-11H3;1-22H;7-11,13-16H,1-5H3;7,12H,1-6H3;/q;;-1;;. The SMILES string of the molecule is CC(C)(C)C(=O)C=C(O)C(C)(C)C.CC(C)(C)c1cc(-c2cc(C(C)(C)C)cc(C(C)(C)C)c2)cc(N(c2ccc3c(c2)C(C)(C)c2ccccc2-3)c2ccccc2-c2ccccc2)c1.[C-]#[N+]c1ccc(C)c(-c2cnc(-c3[c-]c(C)cc(C)c3)c(-c3cc(C)cc(C)c3)n2)c1.[Ir].c1cc(-c2cccc(-c3cccc4c3sc3ccccc34)c2)cc(-c2cnc3c(n2)oc2ccc4ccccc4c23)c1. The first kappa shape index (κ1) is 98.0. The Kier molecular flexibility index (Phi) is 27.5. The maximum atomic E-state index is 11.5. The third-order valence-corrected chi connectivity index (χ3v) is 27.5. The van der Waals surface area contributed by atoms with E-state index in [1.807, 2.05) is 116 Å². The van der Waals surface area contributed by atoms with Crippen LogP contribution in [0.3, 0.4) is 0 Å². The van der Waals surface area contributed by atoms with Gasteiger partial charge in [-0.05, 0) is 203 Å². The normalized spacial score (nSPS) is 12.5. The van der Waals surface area contributed by atoms with E-state index in [-0.39, 0.29) is 58.7 Å². The van der Waals surface area contributed by atoms with Crippen LogP contribution in [0.15, 0.2) is 338 Å². The number of hydrogen-bond acceptors (Lipinski definition) is 9. The molecule has 1 aliphatic carbocycles. The number of anilines is 3. The maximum Gasteiger partial charge on any atom is 0.246 e. The molecule has 20 rings (SSSR count). The van der Waals surface area contributed by atoms with Gasteiger partial charge in [0.2, 0.25) is 5.71 Å². The number of aliphatic hydroxyl groups excluding tert-OH is 1. The van der Waals surface area contributed by atoms with E-state index >= 15 is 0 Å². The summed E-state index contributed by atoms with van der Waals surface area (Å²) in [5, 5.41) is 15.5. The van der Waals surface area contributed by atoms with Gasteiger partial charge in [0, 0.05) is 97.0 Å². The molecule has 9 nitrogen and oxygen atoms in total. The molecule has 1 N–H and O–H groups in total. The van der Waals surface area contributed by atoms with Gasteiger partial charge in [-0.2, -0.15) is 0 Å². The summed E-state index contributed by atoms with van der Waals surface area (Å²) in [5.74, 6) is 0.104. The van der Waals surface area contributed by atoms with Crippen LogP contribution in [-0.4, -0.2) is 30.8 Å². The van der Waals surface area contributed by atoms with Crippen molar-refractivity contribution in [3.63, 3.8) is 0 Å². The van der Waals surface area contributed by atoms with E-state index in [1.165, 1.54) is 121 Å². The summed E-state index contributed by atoms with van der Waals surface area (Å²) in [6.45, 7) is 54.5. The van der Waals surface area contributed by atoms with Gasteiger partial charge in [0.15, 0.2) is 11.5 Å². The van der Waals surface area contributed by atoms with Gasteiger partial charge < -0.3 is 19.4 Å². The molecule has 0 atom stereocenters. The number of carbonyl (C=O) groups is 1. The minimum absolute atomic E-state index is 0. The Bertz CT molecular complexity index is 7930. The van der Waals surface area contributed by atoms with E-state index in [9.17, 15) is 9.90 Å². The van der Waals surface area contributed by atoms with Crippen LogP contribution in [0.5, 0.6) is 0 Å². The fraction of sp³-hybridized carbons (Fsp3) is 0.219. The first-order valence-electron chi connectivity index (χ1n) is 47.7. The molecule has 4 heterocycles. The summed E-state index contributed by atoms with van der Waals surface area (Å²) >= 11 is 1.86. The fourth-order valence-electron chi connectivity index (χ4n) is 18.5. The number of fused-ring (bicyclic) bond motifs is 11. The van der Waals surface area contributed by atoms with E-state index in [0.717, 1.165) is 106 Å². The van der Waals surface area contributed by atoms with Crippen molar-refractivity contribution >= 4 is 93.0 Å². The Labute approximate surface area is 838 Å². The first-order chi connectivity index (χ1) is 65.6. The zero-order valence-corrected chi connectivity index (χ0v) is 87.1. The number of hydrogen-bond donors (Lipinski definition) is 1. The van der Waals surface area contributed by atoms with Crippen molar-refractivity contribution in [3.8, 4) is 101 Å². The Balaban J connectivity index is 0.000000144. The van der Waals surface area contributed by atoms with Crippen molar-refractivity contribution in [1.82, 2.24) is 19.9 Å². The summed E-state index contributed by atoms with van der Waals surface area (Å²) < 4.78 is 8.83. The molecule has 139 heavy (non-hydrogen) atoms. The molecule has 0 saturated heterocycles. The molecule has 0 amide bonds. The van der Waals surface area contributed by atoms with Gasteiger partial charge in [0.25, 0.3) is 0 Å². The number of allylic oxidation sites excluding steroid dienone is 2. The summed E-state index contributed by atoms with van der Waals surface area (Å²) in [6, 6.07) is 115. The number of aromatic nitrogens is 4. The molecule has 697 valence electrons. The van der Waals surface area contributed by atoms with Crippen molar-refractivity contribution in [2.45, 2.75) is 174 Å². The molecule has 0 fully saturated rings. The molecular weight excluding hydrogens is 1890 g/mol. The van der Waals surface area contributed by atoms with Crippen molar-refractivity contribution < 1.29 is 34.4 Å². The molecule has 11 heteroatoms. The fourth-order valence-corrected chi connectivity index (χ4v) is 19.7. The second kappa shape index (κ2) is 39.0. The van der Waals surface area contributed by atoms with Crippen molar-refractivity contribution in [2.24, 2.45) is 10.8 Å². The topological polar surface area (TPSA) is 110 Å². The quantitative estimate of drug-likeness (QED) is 0.0732. The number of para-hydroxylation sites is 1. The monoisotopic (exact) mass is 2010 g/mol. The molecular formula is C128H121IrN6O3S-. The average molecular weight is 2020 g/mol. The van der Waals surface area contributed by atoms with Crippen LogP contribution >= 0.6 is 11.3 Å². The van der Waals surface area contributed by atoms with Crippen LogP contribution in [0.4, 0.5) is 22.7 Å². The van der Waals surface area contributed by atoms with Crippen molar-refractivity contribution in [2.75, 3.05) is 4.90 Å². The Morgan fingerprint density at radius 3 is 1.68 bits per heavy atom. The second-order valence-electron chi connectivity index (χ2n) is 42.6. The number of rotatable bonds is 12. The van der Waals surface area contributed by atoms with Gasteiger partial charge >= 0.3 is 0 Å². The maximum absolute atomic E-state index is 11.5. The van der Waals surface area contributed by atoms with Gasteiger partial charge in [-0.25, -0.2) is 14.8 Å². The predicted octanol–water partition coefficient (Wildman–Crippen LogP) is 36.0. The summed E-state index contributed by atoms with van der Waals surface area (Å²) in [4.78, 5) is 37.3. The van der Waals surface area contributed by atoms with Gasteiger partial charge in [-0.15, -0.1) is 46.2 Å². The van der Waals surface area contributed by atoms with Gasteiger partial charge in [-0.3, -0.25) is 9.78 Å². The third kappa shape index (κ3) is 20.9. The second-order valence-corrected chi connectivity index (χ2v) is 43.7. The van der Waals surface area contributed by atoms with E-state index < -0.39 is 5.41 Å². The number of benzene rings is 15. The van der Waals surface area contributed by atoms with Gasteiger partial charge in [0.1, 0.15) is 16.9 Å². The van der Waals surface area contributed by atoms with Crippen LogP contribution in [0.1, 0.15) is 173 Å². The zero-order valence-electron chi connectivity index (χ0n) is 83.9. The molecule has 1 aliphatic rings.